The first kappa shape index (κ1) is 13.4. The van der Waals surface area contributed by atoms with Crippen LogP contribution in [0.15, 0.2) is 18.5 Å². The molecule has 0 fully saturated rings. The highest BCUT2D eigenvalue weighted by Gasteiger charge is 2.11. The first-order valence-corrected chi connectivity index (χ1v) is 6.01. The van der Waals surface area contributed by atoms with Crippen molar-refractivity contribution in [1.29, 1.82) is 0 Å². The number of hydrogen-bond acceptors (Lipinski definition) is 5. The molecule has 0 spiro atoms. The summed E-state index contributed by atoms with van der Waals surface area (Å²) < 4.78 is 1.51. The Kier molecular flexibility index (Phi) is 4.08. The molecule has 100 valence electrons. The van der Waals surface area contributed by atoms with Crippen LogP contribution in [-0.2, 0) is 6.54 Å². The second-order valence-corrected chi connectivity index (χ2v) is 4.30. The zero-order valence-electron chi connectivity index (χ0n) is 10.3. The lowest BCUT2D eigenvalue weighted by molar-refractivity contribution is 0.102. The molecule has 0 unspecified atom stereocenters. The molecule has 0 radical (unpaired) electrons. The largest absolute Gasteiger partial charge is 0.329 e. The Hall–Kier alpha value is -1.99. The highest BCUT2D eigenvalue weighted by Crippen LogP contribution is 2.16. The van der Waals surface area contributed by atoms with Crippen LogP contribution < -0.4 is 11.1 Å². The smallest absolute Gasteiger partial charge is 0.277 e. The Bertz CT molecular complexity index is 597. The summed E-state index contributed by atoms with van der Waals surface area (Å²) in [6.07, 6.45) is 3.02. The summed E-state index contributed by atoms with van der Waals surface area (Å²) in [5.74, 6) is -0.355. The summed E-state index contributed by atoms with van der Waals surface area (Å²) in [7, 11) is 0. The van der Waals surface area contributed by atoms with Gasteiger partial charge in [0.2, 0.25) is 0 Å². The van der Waals surface area contributed by atoms with Gasteiger partial charge in [-0.05, 0) is 18.6 Å². The SMILES string of the molecule is Cc1cc(NC(=O)c2cn(CCN)nn2)cnc1Cl. The van der Waals surface area contributed by atoms with Gasteiger partial charge in [-0.3, -0.25) is 9.48 Å². The average Bonchev–Trinajstić information content (AvgIpc) is 2.83. The molecule has 2 aromatic heterocycles. The number of amides is 1. The Morgan fingerprint density at radius 2 is 2.37 bits per heavy atom. The molecule has 0 aromatic carbocycles. The molecular formula is C11H13ClN6O. The molecule has 3 N–H and O–H groups in total. The molecule has 2 aromatic rings. The number of halogens is 1. The average molecular weight is 281 g/mol. The van der Waals surface area contributed by atoms with Crippen LogP contribution in [0.2, 0.25) is 5.15 Å². The lowest BCUT2D eigenvalue weighted by Gasteiger charge is -2.04. The van der Waals surface area contributed by atoms with E-state index < -0.39 is 0 Å². The number of hydrogen-bond donors (Lipinski definition) is 2. The first-order chi connectivity index (χ1) is 9.10. The second-order valence-electron chi connectivity index (χ2n) is 3.94. The number of nitrogens with two attached hydrogens (primary N) is 1. The van der Waals surface area contributed by atoms with E-state index in [1.165, 1.54) is 10.9 Å². The normalized spacial score (nSPS) is 10.5. The van der Waals surface area contributed by atoms with Crippen molar-refractivity contribution in [2.75, 3.05) is 11.9 Å². The lowest BCUT2D eigenvalue weighted by atomic mass is 10.3. The fourth-order valence-electron chi connectivity index (χ4n) is 1.47. The molecule has 1 amide bonds. The molecule has 0 aliphatic carbocycles. The zero-order valence-corrected chi connectivity index (χ0v) is 11.1. The van der Waals surface area contributed by atoms with Crippen molar-refractivity contribution in [3.8, 4) is 0 Å². The van der Waals surface area contributed by atoms with Crippen molar-refractivity contribution in [3.63, 3.8) is 0 Å². The predicted molar refractivity (Wildman–Crippen MR) is 71.0 cm³/mol. The van der Waals surface area contributed by atoms with Gasteiger partial charge in [-0.25, -0.2) is 4.98 Å². The van der Waals surface area contributed by atoms with Crippen LogP contribution in [0.25, 0.3) is 0 Å². The maximum atomic E-state index is 11.9. The molecule has 0 saturated heterocycles. The van der Waals surface area contributed by atoms with Gasteiger partial charge in [0.15, 0.2) is 5.69 Å². The van der Waals surface area contributed by atoms with Crippen molar-refractivity contribution < 1.29 is 4.79 Å². The van der Waals surface area contributed by atoms with Gasteiger partial charge in [0.25, 0.3) is 5.91 Å². The summed E-state index contributed by atoms with van der Waals surface area (Å²) in [4.78, 5) is 15.9. The van der Waals surface area contributed by atoms with Gasteiger partial charge >= 0.3 is 0 Å². The molecule has 0 aliphatic heterocycles. The molecular weight excluding hydrogens is 268 g/mol. The molecule has 19 heavy (non-hydrogen) atoms. The van der Waals surface area contributed by atoms with Crippen molar-refractivity contribution in [2.45, 2.75) is 13.5 Å². The molecule has 7 nitrogen and oxygen atoms in total. The quantitative estimate of drug-likeness (QED) is 0.809. The zero-order chi connectivity index (χ0) is 13.8. The third kappa shape index (κ3) is 3.27. The second kappa shape index (κ2) is 5.77. The van der Waals surface area contributed by atoms with Crippen molar-refractivity contribution in [3.05, 3.63) is 34.9 Å². The Balaban J connectivity index is 2.09. The molecule has 0 saturated carbocycles. The minimum absolute atomic E-state index is 0.223. The van der Waals surface area contributed by atoms with Crippen LogP contribution in [0.1, 0.15) is 16.1 Å². The number of nitrogens with zero attached hydrogens (tertiary/aromatic N) is 4. The van der Waals surface area contributed by atoms with Crippen LogP contribution >= 0.6 is 11.6 Å². The molecule has 2 heterocycles. The highest BCUT2D eigenvalue weighted by atomic mass is 35.5. The van der Waals surface area contributed by atoms with Gasteiger partial charge in [-0.2, -0.15) is 0 Å². The summed E-state index contributed by atoms with van der Waals surface area (Å²) in [5.41, 5.74) is 6.95. The molecule has 2 rings (SSSR count). The molecule has 8 heteroatoms. The number of rotatable bonds is 4. The van der Waals surface area contributed by atoms with Gasteiger partial charge < -0.3 is 11.1 Å². The fraction of sp³-hybridized carbons (Fsp3) is 0.273. The van der Waals surface area contributed by atoms with E-state index in [1.54, 1.807) is 12.3 Å². The van der Waals surface area contributed by atoms with E-state index in [1.807, 2.05) is 6.92 Å². The summed E-state index contributed by atoms with van der Waals surface area (Å²) in [6, 6.07) is 1.73. The van der Waals surface area contributed by atoms with E-state index in [2.05, 4.69) is 20.6 Å². The van der Waals surface area contributed by atoms with Gasteiger partial charge in [0.05, 0.1) is 24.6 Å². The number of carbonyl (C=O) groups is 1. The van der Waals surface area contributed by atoms with E-state index >= 15 is 0 Å². The number of anilines is 1. The van der Waals surface area contributed by atoms with Crippen molar-refractivity contribution in [2.24, 2.45) is 5.73 Å². The van der Waals surface area contributed by atoms with Crippen LogP contribution in [0.5, 0.6) is 0 Å². The number of aromatic nitrogens is 4. The number of nitrogens with one attached hydrogen (secondary N) is 1. The van der Waals surface area contributed by atoms with Crippen LogP contribution in [0, 0.1) is 6.92 Å². The maximum absolute atomic E-state index is 11.9. The topological polar surface area (TPSA) is 98.7 Å². The van der Waals surface area contributed by atoms with E-state index in [0.29, 0.717) is 23.9 Å². The molecule has 0 bridgehead atoms. The number of carbonyl (C=O) groups excluding carboxylic acids is 1. The lowest BCUT2D eigenvalue weighted by Crippen LogP contribution is -2.13. The molecule has 0 atom stereocenters. The molecule has 0 aliphatic rings. The summed E-state index contributed by atoms with van der Waals surface area (Å²) >= 11 is 5.81. The summed E-state index contributed by atoms with van der Waals surface area (Å²) in [6.45, 7) is 2.76. The standard InChI is InChI=1S/C11H13ClN6O/c1-7-4-8(5-14-10(7)12)15-11(19)9-6-18(3-2-13)17-16-9/h4-6H,2-3,13H2,1H3,(H,15,19). The Labute approximate surface area is 114 Å². The van der Waals surface area contributed by atoms with Crippen molar-refractivity contribution in [1.82, 2.24) is 20.0 Å². The van der Waals surface area contributed by atoms with E-state index in [-0.39, 0.29) is 11.6 Å². The minimum Gasteiger partial charge on any atom is -0.329 e. The predicted octanol–water partition coefficient (Wildman–Crippen LogP) is 0.846. The van der Waals surface area contributed by atoms with Crippen LogP contribution in [0.3, 0.4) is 0 Å². The summed E-state index contributed by atoms with van der Waals surface area (Å²) in [5, 5.41) is 10.6. The van der Waals surface area contributed by atoms with E-state index in [4.69, 9.17) is 17.3 Å². The number of pyridine rings is 1. The van der Waals surface area contributed by atoms with Crippen LogP contribution in [-0.4, -0.2) is 32.4 Å². The monoisotopic (exact) mass is 280 g/mol. The Morgan fingerprint density at radius 3 is 3.05 bits per heavy atom. The maximum Gasteiger partial charge on any atom is 0.277 e. The van der Waals surface area contributed by atoms with E-state index in [9.17, 15) is 4.79 Å². The third-order valence-corrected chi connectivity index (χ3v) is 2.80. The first-order valence-electron chi connectivity index (χ1n) is 5.64. The minimum atomic E-state index is -0.355. The highest BCUT2D eigenvalue weighted by molar-refractivity contribution is 6.30. The van der Waals surface area contributed by atoms with E-state index in [0.717, 1.165) is 5.56 Å². The number of aryl methyl sites for hydroxylation is 1. The van der Waals surface area contributed by atoms with Gasteiger partial charge in [-0.15, -0.1) is 5.10 Å². The third-order valence-electron chi connectivity index (χ3n) is 2.40. The fourth-order valence-corrected chi connectivity index (χ4v) is 1.57. The van der Waals surface area contributed by atoms with Gasteiger partial charge in [0, 0.05) is 6.54 Å². The van der Waals surface area contributed by atoms with Gasteiger partial charge in [0.1, 0.15) is 5.15 Å². The van der Waals surface area contributed by atoms with Crippen LogP contribution in [0.4, 0.5) is 5.69 Å². The Morgan fingerprint density at radius 1 is 1.58 bits per heavy atom. The van der Waals surface area contributed by atoms with Gasteiger partial charge in [-0.1, -0.05) is 16.8 Å². The van der Waals surface area contributed by atoms with Crippen molar-refractivity contribution >= 4 is 23.2 Å².